The molecule has 1 aromatic carbocycles. The van der Waals surface area contributed by atoms with E-state index >= 15 is 0 Å². The molecule has 0 saturated heterocycles. The van der Waals surface area contributed by atoms with Crippen LogP contribution in [-0.2, 0) is 17.8 Å². The van der Waals surface area contributed by atoms with E-state index < -0.39 is 6.09 Å². The van der Waals surface area contributed by atoms with Crippen LogP contribution in [0.3, 0.4) is 0 Å². The highest BCUT2D eigenvalue weighted by Crippen LogP contribution is 2.00. The molecule has 6 nitrogen and oxygen atoms in total. The molecule has 0 saturated carbocycles. The highest BCUT2D eigenvalue weighted by molar-refractivity contribution is 7.71. The zero-order valence-corrected chi connectivity index (χ0v) is 12.0. The maximum absolute atomic E-state index is 11.5. The standard InChI is InChI=1S/C14H15N3O3S/c18-12-8-11(16-13(21)17-12)6-7-15-14(19)20-9-10-4-2-1-3-5-10/h1-5,8H,6-7,9H2,(H,15,19)(H2,16,17,18,21). The topological polar surface area (TPSA) is 87.0 Å². The molecule has 3 N–H and O–H groups in total. The molecule has 1 aromatic heterocycles. The molecule has 0 fully saturated rings. The van der Waals surface area contributed by atoms with Gasteiger partial charge in [0.1, 0.15) is 6.61 Å². The summed E-state index contributed by atoms with van der Waals surface area (Å²) in [5.41, 5.74) is 1.32. The summed E-state index contributed by atoms with van der Waals surface area (Å²) in [4.78, 5) is 28.0. The number of hydrogen-bond donors (Lipinski definition) is 3. The van der Waals surface area contributed by atoms with Crippen LogP contribution in [0, 0.1) is 4.77 Å². The lowest BCUT2D eigenvalue weighted by Gasteiger charge is -2.07. The van der Waals surface area contributed by atoms with Gasteiger partial charge in [-0.15, -0.1) is 0 Å². The van der Waals surface area contributed by atoms with Crippen LogP contribution in [0.5, 0.6) is 0 Å². The molecule has 2 rings (SSSR count). The SMILES string of the molecule is O=C(NCCc1cc(=O)[nH]c(=S)[nH]1)OCc1ccccc1. The summed E-state index contributed by atoms with van der Waals surface area (Å²) in [6.07, 6.45) is -0.0316. The second-order valence-corrected chi connectivity index (χ2v) is 4.76. The van der Waals surface area contributed by atoms with E-state index in [0.29, 0.717) is 18.7 Å². The van der Waals surface area contributed by atoms with Gasteiger partial charge >= 0.3 is 6.09 Å². The Bertz CT molecular complexity index is 681. The van der Waals surface area contributed by atoms with Gasteiger partial charge in [-0.3, -0.25) is 9.78 Å². The van der Waals surface area contributed by atoms with Crippen molar-refractivity contribution in [2.45, 2.75) is 13.0 Å². The molecule has 0 bridgehead atoms. The second kappa shape index (κ2) is 7.39. The van der Waals surface area contributed by atoms with E-state index in [9.17, 15) is 9.59 Å². The average Bonchev–Trinajstić information content (AvgIpc) is 2.45. The minimum absolute atomic E-state index is 0.222. The Kier molecular flexibility index (Phi) is 5.28. The van der Waals surface area contributed by atoms with Crippen molar-refractivity contribution in [3.05, 3.63) is 62.8 Å². The third-order valence-corrected chi connectivity index (χ3v) is 2.90. The number of alkyl carbamates (subject to hydrolysis) is 1. The van der Waals surface area contributed by atoms with Gasteiger partial charge in [0.2, 0.25) is 0 Å². The number of hydrogen-bond acceptors (Lipinski definition) is 4. The molecule has 110 valence electrons. The molecule has 0 radical (unpaired) electrons. The van der Waals surface area contributed by atoms with Crippen molar-refractivity contribution in [3.8, 4) is 0 Å². The van der Waals surface area contributed by atoms with E-state index in [1.807, 2.05) is 30.3 Å². The minimum atomic E-state index is -0.498. The first kappa shape index (κ1) is 15.0. The molecule has 0 aliphatic rings. The first-order chi connectivity index (χ1) is 10.1. The van der Waals surface area contributed by atoms with Crippen LogP contribution in [-0.4, -0.2) is 22.6 Å². The van der Waals surface area contributed by atoms with E-state index in [1.54, 1.807) is 0 Å². The third kappa shape index (κ3) is 5.23. The van der Waals surface area contributed by atoms with Crippen molar-refractivity contribution in [1.82, 2.24) is 15.3 Å². The minimum Gasteiger partial charge on any atom is -0.445 e. The van der Waals surface area contributed by atoms with Gasteiger partial charge in [-0.1, -0.05) is 30.3 Å². The molecule has 0 aliphatic carbocycles. The Morgan fingerprint density at radius 1 is 1.24 bits per heavy atom. The first-order valence-corrected chi connectivity index (χ1v) is 6.81. The van der Waals surface area contributed by atoms with Gasteiger partial charge in [-0.05, 0) is 17.8 Å². The van der Waals surface area contributed by atoms with E-state index in [0.717, 1.165) is 5.56 Å². The van der Waals surface area contributed by atoms with Crippen molar-refractivity contribution in [2.75, 3.05) is 6.54 Å². The normalized spacial score (nSPS) is 10.1. The number of amides is 1. The van der Waals surface area contributed by atoms with Crippen LogP contribution in [0.1, 0.15) is 11.3 Å². The molecular formula is C14H15N3O3S. The number of nitrogens with one attached hydrogen (secondary N) is 3. The fourth-order valence-electron chi connectivity index (χ4n) is 1.73. The Morgan fingerprint density at radius 3 is 2.71 bits per heavy atom. The molecular weight excluding hydrogens is 290 g/mol. The predicted molar refractivity (Wildman–Crippen MR) is 80.6 cm³/mol. The fraction of sp³-hybridized carbons (Fsp3) is 0.214. The smallest absolute Gasteiger partial charge is 0.407 e. The molecule has 1 heterocycles. The maximum atomic E-state index is 11.5. The van der Waals surface area contributed by atoms with Crippen molar-refractivity contribution >= 4 is 18.3 Å². The number of aromatic nitrogens is 2. The zero-order valence-electron chi connectivity index (χ0n) is 11.2. The van der Waals surface area contributed by atoms with Gasteiger partial charge in [0.05, 0.1) is 0 Å². The van der Waals surface area contributed by atoms with E-state index in [2.05, 4.69) is 15.3 Å². The maximum Gasteiger partial charge on any atom is 0.407 e. The van der Waals surface area contributed by atoms with Crippen LogP contribution in [0.15, 0.2) is 41.2 Å². The van der Waals surface area contributed by atoms with Gasteiger partial charge in [-0.25, -0.2) is 4.79 Å². The van der Waals surface area contributed by atoms with E-state index in [1.165, 1.54) is 6.07 Å². The molecule has 0 unspecified atom stereocenters. The van der Waals surface area contributed by atoms with Gasteiger partial charge in [0.25, 0.3) is 5.56 Å². The number of H-pyrrole nitrogens is 2. The van der Waals surface area contributed by atoms with E-state index in [4.69, 9.17) is 17.0 Å². The van der Waals surface area contributed by atoms with Gasteiger partial charge in [0, 0.05) is 24.7 Å². The number of aromatic amines is 2. The number of carbonyl (C=O) groups excluding carboxylic acids is 1. The highest BCUT2D eigenvalue weighted by atomic mass is 32.1. The number of rotatable bonds is 5. The molecule has 0 atom stereocenters. The Morgan fingerprint density at radius 2 is 2.00 bits per heavy atom. The fourth-order valence-corrected chi connectivity index (χ4v) is 1.96. The molecule has 1 amide bonds. The van der Waals surface area contributed by atoms with Gasteiger partial charge in [-0.2, -0.15) is 0 Å². The lowest BCUT2D eigenvalue weighted by molar-refractivity contribution is 0.140. The zero-order chi connectivity index (χ0) is 15.1. The van der Waals surface area contributed by atoms with Crippen molar-refractivity contribution in [2.24, 2.45) is 0 Å². The monoisotopic (exact) mass is 305 g/mol. The van der Waals surface area contributed by atoms with Crippen LogP contribution in [0.25, 0.3) is 0 Å². The summed E-state index contributed by atoms with van der Waals surface area (Å²) < 4.78 is 5.33. The van der Waals surface area contributed by atoms with Gasteiger partial charge in [0.15, 0.2) is 4.77 Å². The molecule has 21 heavy (non-hydrogen) atoms. The molecule has 2 aromatic rings. The van der Waals surface area contributed by atoms with Crippen molar-refractivity contribution in [3.63, 3.8) is 0 Å². The third-order valence-electron chi connectivity index (χ3n) is 2.69. The summed E-state index contributed by atoms with van der Waals surface area (Å²) in [6, 6.07) is 10.8. The average molecular weight is 305 g/mol. The van der Waals surface area contributed by atoms with Crippen LogP contribution >= 0.6 is 12.2 Å². The highest BCUT2D eigenvalue weighted by Gasteiger charge is 2.02. The summed E-state index contributed by atoms with van der Waals surface area (Å²) in [7, 11) is 0. The molecule has 0 spiro atoms. The first-order valence-electron chi connectivity index (χ1n) is 6.40. The van der Waals surface area contributed by atoms with Gasteiger partial charge < -0.3 is 15.0 Å². The summed E-state index contributed by atoms with van der Waals surface area (Å²) in [6.45, 7) is 0.572. The Labute approximate surface area is 126 Å². The molecule has 7 heteroatoms. The number of benzene rings is 1. The molecule has 0 aliphatic heterocycles. The lowest BCUT2D eigenvalue weighted by atomic mass is 10.2. The lowest BCUT2D eigenvalue weighted by Crippen LogP contribution is -2.27. The number of ether oxygens (including phenoxy) is 1. The summed E-state index contributed by atoms with van der Waals surface area (Å²) in [5.74, 6) is 0. The van der Waals surface area contributed by atoms with Crippen LogP contribution < -0.4 is 10.9 Å². The van der Waals surface area contributed by atoms with Crippen molar-refractivity contribution in [1.29, 1.82) is 0 Å². The van der Waals surface area contributed by atoms with Crippen LogP contribution in [0.2, 0.25) is 0 Å². The summed E-state index contributed by atoms with van der Waals surface area (Å²) in [5, 5.41) is 2.61. The quantitative estimate of drug-likeness (QED) is 0.736. The number of carbonyl (C=O) groups is 1. The Balaban J connectivity index is 1.74. The Hall–Kier alpha value is -2.41. The van der Waals surface area contributed by atoms with Crippen LogP contribution in [0.4, 0.5) is 4.79 Å². The summed E-state index contributed by atoms with van der Waals surface area (Å²) >= 11 is 4.86. The van der Waals surface area contributed by atoms with Crippen molar-refractivity contribution < 1.29 is 9.53 Å². The van der Waals surface area contributed by atoms with E-state index in [-0.39, 0.29) is 16.9 Å². The largest absolute Gasteiger partial charge is 0.445 e. The second-order valence-electron chi connectivity index (χ2n) is 4.35. The predicted octanol–water partition coefficient (Wildman–Crippen LogP) is 1.90.